The molecule has 0 aromatic heterocycles. The number of imide groups is 1. The second-order valence-electron chi connectivity index (χ2n) is 4.03. The molecule has 0 aliphatic carbocycles. The number of hydrogen-bond donors (Lipinski definition) is 3. The minimum atomic E-state index is -3.97. The molecule has 3 amide bonds. The first-order chi connectivity index (χ1) is 10.7. The standard InChI is InChI=1S/C12H12N4O6S/c13-5-8-1-3-9(4-2-8)23(20,21)15-6-11(18)22-7-10(17)16-12(14)19/h1-4,15H,6-7H2,(H3,14,16,17,19). The average Bonchev–Trinajstić information content (AvgIpc) is 2.50. The number of hydrogen-bond acceptors (Lipinski definition) is 7. The highest BCUT2D eigenvalue weighted by molar-refractivity contribution is 7.89. The molecule has 10 nitrogen and oxygen atoms in total. The fourth-order valence-corrected chi connectivity index (χ4v) is 2.29. The van der Waals surface area contributed by atoms with Crippen LogP contribution in [0.15, 0.2) is 29.2 Å². The summed E-state index contributed by atoms with van der Waals surface area (Å²) in [7, 11) is -3.97. The lowest BCUT2D eigenvalue weighted by Crippen LogP contribution is -2.39. The molecule has 0 aliphatic rings. The number of carbonyl (C=O) groups is 3. The molecular formula is C12H12N4O6S. The van der Waals surface area contributed by atoms with Crippen LogP contribution in [0.1, 0.15) is 5.56 Å². The topological polar surface area (TPSA) is 168 Å². The van der Waals surface area contributed by atoms with Gasteiger partial charge in [-0.05, 0) is 24.3 Å². The van der Waals surface area contributed by atoms with Gasteiger partial charge in [0.05, 0.1) is 16.5 Å². The van der Waals surface area contributed by atoms with E-state index in [1.54, 1.807) is 5.32 Å². The second kappa shape index (κ2) is 7.87. The molecule has 0 spiro atoms. The van der Waals surface area contributed by atoms with E-state index >= 15 is 0 Å². The van der Waals surface area contributed by atoms with Gasteiger partial charge in [0, 0.05) is 0 Å². The number of carbonyl (C=O) groups excluding carboxylic acids is 3. The van der Waals surface area contributed by atoms with Gasteiger partial charge in [-0.25, -0.2) is 13.2 Å². The lowest BCUT2D eigenvalue weighted by molar-refractivity contribution is -0.147. The third kappa shape index (κ3) is 6.12. The number of urea groups is 1. The number of nitrogens with two attached hydrogens (primary N) is 1. The van der Waals surface area contributed by atoms with E-state index < -0.39 is 41.1 Å². The lowest BCUT2D eigenvalue weighted by Gasteiger charge is -2.07. The first kappa shape index (κ1) is 18.1. The summed E-state index contributed by atoms with van der Waals surface area (Å²) in [5.41, 5.74) is 4.96. The summed E-state index contributed by atoms with van der Waals surface area (Å²) >= 11 is 0. The summed E-state index contributed by atoms with van der Waals surface area (Å²) < 4.78 is 30.2. The van der Waals surface area contributed by atoms with Crippen molar-refractivity contribution in [2.45, 2.75) is 4.90 Å². The summed E-state index contributed by atoms with van der Waals surface area (Å²) in [5.74, 6) is -1.97. The highest BCUT2D eigenvalue weighted by Gasteiger charge is 2.16. The monoisotopic (exact) mass is 340 g/mol. The van der Waals surface area contributed by atoms with Crippen LogP contribution >= 0.6 is 0 Å². The Labute approximate surface area is 131 Å². The van der Waals surface area contributed by atoms with Gasteiger partial charge in [-0.3, -0.25) is 14.9 Å². The molecule has 1 rings (SSSR count). The van der Waals surface area contributed by atoms with E-state index in [1.165, 1.54) is 24.3 Å². The SMILES string of the molecule is N#Cc1ccc(S(=O)(=O)NCC(=O)OCC(=O)NC(N)=O)cc1. The molecule has 23 heavy (non-hydrogen) atoms. The van der Waals surface area contributed by atoms with Crippen molar-refractivity contribution in [3.05, 3.63) is 29.8 Å². The summed E-state index contributed by atoms with van der Waals surface area (Å²) in [5, 5.41) is 10.3. The Morgan fingerprint density at radius 2 is 1.83 bits per heavy atom. The van der Waals surface area contributed by atoms with E-state index in [9.17, 15) is 22.8 Å². The van der Waals surface area contributed by atoms with Crippen LogP contribution in [0.4, 0.5) is 4.79 Å². The number of nitrogens with zero attached hydrogens (tertiary/aromatic N) is 1. The lowest BCUT2D eigenvalue weighted by atomic mass is 10.2. The molecule has 0 heterocycles. The van der Waals surface area contributed by atoms with Gasteiger partial charge < -0.3 is 10.5 Å². The van der Waals surface area contributed by atoms with Gasteiger partial charge in [-0.2, -0.15) is 9.98 Å². The maximum atomic E-state index is 11.9. The normalized spacial score (nSPS) is 10.4. The molecule has 0 fully saturated rings. The predicted molar refractivity (Wildman–Crippen MR) is 75.0 cm³/mol. The molecule has 11 heteroatoms. The van der Waals surface area contributed by atoms with Crippen molar-refractivity contribution in [1.29, 1.82) is 5.26 Å². The van der Waals surface area contributed by atoms with Gasteiger partial charge in [-0.1, -0.05) is 0 Å². The van der Waals surface area contributed by atoms with Gasteiger partial charge in [0.25, 0.3) is 5.91 Å². The predicted octanol–water partition coefficient (Wildman–Crippen LogP) is -1.43. The van der Waals surface area contributed by atoms with Gasteiger partial charge in [0.2, 0.25) is 10.0 Å². The van der Waals surface area contributed by atoms with Crippen LogP contribution in [-0.2, 0) is 24.3 Å². The van der Waals surface area contributed by atoms with Gasteiger partial charge >= 0.3 is 12.0 Å². The number of primary amides is 1. The maximum Gasteiger partial charge on any atom is 0.321 e. The largest absolute Gasteiger partial charge is 0.455 e. The molecule has 1 aromatic carbocycles. The highest BCUT2D eigenvalue weighted by atomic mass is 32.2. The van der Waals surface area contributed by atoms with Crippen LogP contribution in [0, 0.1) is 11.3 Å². The molecule has 1 aromatic rings. The molecule has 0 saturated carbocycles. The fraction of sp³-hybridized carbons (Fsp3) is 0.167. The summed E-state index contributed by atoms with van der Waals surface area (Å²) in [6, 6.07) is 5.75. The Morgan fingerprint density at radius 3 is 2.35 bits per heavy atom. The van der Waals surface area contributed by atoms with Crippen LogP contribution in [0.25, 0.3) is 0 Å². The maximum absolute atomic E-state index is 11.9. The Balaban J connectivity index is 2.52. The van der Waals surface area contributed by atoms with E-state index in [0.29, 0.717) is 0 Å². The van der Waals surface area contributed by atoms with E-state index in [2.05, 4.69) is 10.5 Å². The van der Waals surface area contributed by atoms with Gasteiger partial charge in [0.15, 0.2) is 6.61 Å². The van der Waals surface area contributed by atoms with Crippen LogP contribution in [0.5, 0.6) is 0 Å². The zero-order valence-electron chi connectivity index (χ0n) is 11.6. The van der Waals surface area contributed by atoms with Crippen molar-refractivity contribution in [2.24, 2.45) is 5.73 Å². The number of benzene rings is 1. The van der Waals surface area contributed by atoms with E-state index in [1.807, 2.05) is 10.8 Å². The Morgan fingerprint density at radius 1 is 1.22 bits per heavy atom. The van der Waals surface area contributed by atoms with Crippen LogP contribution < -0.4 is 15.8 Å². The molecule has 0 saturated heterocycles. The Hall–Kier alpha value is -2.97. The molecule has 0 aliphatic heterocycles. The highest BCUT2D eigenvalue weighted by Crippen LogP contribution is 2.09. The van der Waals surface area contributed by atoms with Crippen LogP contribution in [0.3, 0.4) is 0 Å². The van der Waals surface area contributed by atoms with Crippen LogP contribution in [0.2, 0.25) is 0 Å². The van der Waals surface area contributed by atoms with Crippen molar-refractivity contribution >= 4 is 27.9 Å². The number of ether oxygens (including phenoxy) is 1. The summed E-state index contributed by atoms with van der Waals surface area (Å²) in [4.78, 5) is 32.5. The molecule has 0 radical (unpaired) electrons. The van der Waals surface area contributed by atoms with Gasteiger partial charge in [-0.15, -0.1) is 0 Å². The van der Waals surface area contributed by atoms with Crippen molar-refractivity contribution in [3.63, 3.8) is 0 Å². The first-order valence-electron chi connectivity index (χ1n) is 5.99. The first-order valence-corrected chi connectivity index (χ1v) is 7.47. The number of rotatable bonds is 6. The number of esters is 1. The Kier molecular flexibility index (Phi) is 6.19. The summed E-state index contributed by atoms with van der Waals surface area (Å²) in [6.07, 6.45) is 0. The van der Waals surface area contributed by atoms with E-state index in [0.717, 1.165) is 0 Å². The second-order valence-corrected chi connectivity index (χ2v) is 5.80. The molecule has 0 atom stereocenters. The van der Waals surface area contributed by atoms with E-state index in [4.69, 9.17) is 5.26 Å². The minimum Gasteiger partial charge on any atom is -0.455 e. The Bertz CT molecular complexity index is 751. The van der Waals surface area contributed by atoms with Crippen molar-refractivity contribution in [3.8, 4) is 6.07 Å². The molecule has 0 bridgehead atoms. The smallest absolute Gasteiger partial charge is 0.321 e. The number of sulfonamides is 1. The van der Waals surface area contributed by atoms with Crippen molar-refractivity contribution in [1.82, 2.24) is 10.0 Å². The van der Waals surface area contributed by atoms with E-state index in [-0.39, 0.29) is 10.5 Å². The molecule has 0 unspecified atom stereocenters. The zero-order chi connectivity index (χ0) is 17.5. The minimum absolute atomic E-state index is 0.143. The van der Waals surface area contributed by atoms with Crippen LogP contribution in [-0.4, -0.2) is 39.5 Å². The summed E-state index contributed by atoms with van der Waals surface area (Å²) in [6.45, 7) is -1.49. The number of amides is 3. The average molecular weight is 340 g/mol. The van der Waals surface area contributed by atoms with Crippen molar-refractivity contribution < 1.29 is 27.5 Å². The van der Waals surface area contributed by atoms with Crippen molar-refractivity contribution in [2.75, 3.05) is 13.2 Å². The quantitative estimate of drug-likeness (QED) is 0.533. The molecule has 4 N–H and O–H groups in total. The molecular weight excluding hydrogens is 328 g/mol. The molecule has 122 valence electrons. The zero-order valence-corrected chi connectivity index (χ0v) is 12.4. The number of nitriles is 1. The fourth-order valence-electron chi connectivity index (χ4n) is 1.32. The third-order valence-electron chi connectivity index (χ3n) is 2.33. The third-order valence-corrected chi connectivity index (χ3v) is 3.74. The van der Waals surface area contributed by atoms with Gasteiger partial charge in [0.1, 0.15) is 6.54 Å². The number of nitrogens with one attached hydrogen (secondary N) is 2.